The summed E-state index contributed by atoms with van der Waals surface area (Å²) >= 11 is 0. The SMILES string of the molecule is CC(C)C(=O)NC(Cc1c[nH]c2ccccc12)C(=O)NCC1(c2cccc(F)c2)CCOCC1. The molecule has 0 spiro atoms. The van der Waals surface area contributed by atoms with Crippen LogP contribution in [0.5, 0.6) is 0 Å². The van der Waals surface area contributed by atoms with E-state index in [9.17, 15) is 14.0 Å². The lowest BCUT2D eigenvalue weighted by Gasteiger charge is -2.38. The van der Waals surface area contributed by atoms with Crippen LogP contribution < -0.4 is 10.6 Å². The lowest BCUT2D eigenvalue weighted by Crippen LogP contribution is -2.52. The van der Waals surface area contributed by atoms with E-state index in [1.807, 2.05) is 36.5 Å². The molecule has 3 aromatic rings. The van der Waals surface area contributed by atoms with Gasteiger partial charge in [0.05, 0.1) is 0 Å². The molecule has 3 N–H and O–H groups in total. The summed E-state index contributed by atoms with van der Waals surface area (Å²) in [5.41, 5.74) is 2.39. The van der Waals surface area contributed by atoms with E-state index < -0.39 is 11.5 Å². The first-order valence-electron chi connectivity index (χ1n) is 11.8. The van der Waals surface area contributed by atoms with Gasteiger partial charge >= 0.3 is 0 Å². The second-order valence-corrected chi connectivity index (χ2v) is 9.40. The molecule has 1 aliphatic rings. The van der Waals surface area contributed by atoms with Gasteiger partial charge in [0.1, 0.15) is 11.9 Å². The fourth-order valence-electron chi connectivity index (χ4n) is 4.60. The molecule has 0 radical (unpaired) electrons. The van der Waals surface area contributed by atoms with Crippen molar-refractivity contribution in [1.29, 1.82) is 0 Å². The third-order valence-electron chi connectivity index (χ3n) is 6.74. The number of carbonyl (C=O) groups excluding carboxylic acids is 2. The normalized spacial score (nSPS) is 16.4. The van der Waals surface area contributed by atoms with E-state index in [4.69, 9.17) is 4.74 Å². The Morgan fingerprint density at radius 2 is 1.85 bits per heavy atom. The second-order valence-electron chi connectivity index (χ2n) is 9.40. The van der Waals surface area contributed by atoms with E-state index in [2.05, 4.69) is 15.6 Å². The summed E-state index contributed by atoms with van der Waals surface area (Å²) in [7, 11) is 0. The summed E-state index contributed by atoms with van der Waals surface area (Å²) in [4.78, 5) is 29.2. The van der Waals surface area contributed by atoms with Crippen LogP contribution >= 0.6 is 0 Å². The molecular weight excluding hydrogens is 433 g/mol. The number of ether oxygens (including phenoxy) is 1. The molecule has 180 valence electrons. The summed E-state index contributed by atoms with van der Waals surface area (Å²) in [5.74, 6) is -0.962. The lowest BCUT2D eigenvalue weighted by atomic mass is 9.74. The number of halogens is 1. The molecule has 4 rings (SSSR count). The molecule has 1 aliphatic heterocycles. The number of aromatic amines is 1. The highest BCUT2D eigenvalue weighted by Gasteiger charge is 2.36. The zero-order valence-corrected chi connectivity index (χ0v) is 19.7. The lowest BCUT2D eigenvalue weighted by molar-refractivity contribution is -0.130. The van der Waals surface area contributed by atoms with Gasteiger partial charge in [-0.2, -0.15) is 0 Å². The quantitative estimate of drug-likeness (QED) is 0.473. The number of H-pyrrole nitrogens is 1. The summed E-state index contributed by atoms with van der Waals surface area (Å²) in [6.07, 6.45) is 3.62. The molecule has 0 bridgehead atoms. The third-order valence-corrected chi connectivity index (χ3v) is 6.74. The van der Waals surface area contributed by atoms with E-state index >= 15 is 0 Å². The number of benzene rings is 2. The van der Waals surface area contributed by atoms with Gasteiger partial charge in [0.25, 0.3) is 0 Å². The minimum absolute atomic E-state index is 0.175. The Bertz CT molecular complexity index is 1150. The van der Waals surface area contributed by atoms with Crippen molar-refractivity contribution in [2.45, 2.75) is 44.6 Å². The van der Waals surface area contributed by atoms with Crippen LogP contribution in [0.1, 0.15) is 37.8 Å². The maximum atomic E-state index is 14.0. The van der Waals surface area contributed by atoms with Crippen molar-refractivity contribution in [3.05, 3.63) is 71.7 Å². The molecule has 0 saturated carbocycles. The van der Waals surface area contributed by atoms with Crippen LogP contribution in [-0.2, 0) is 26.2 Å². The monoisotopic (exact) mass is 465 g/mol. The minimum atomic E-state index is -0.724. The Labute approximate surface area is 199 Å². The number of hydrogen-bond acceptors (Lipinski definition) is 3. The Hall–Kier alpha value is -3.19. The smallest absolute Gasteiger partial charge is 0.242 e. The van der Waals surface area contributed by atoms with Crippen LogP contribution in [0.4, 0.5) is 4.39 Å². The van der Waals surface area contributed by atoms with E-state index in [0.29, 0.717) is 39.0 Å². The molecule has 0 aliphatic carbocycles. The average molecular weight is 466 g/mol. The molecule has 7 heteroatoms. The van der Waals surface area contributed by atoms with Crippen molar-refractivity contribution >= 4 is 22.7 Å². The number of fused-ring (bicyclic) bond motifs is 1. The molecule has 34 heavy (non-hydrogen) atoms. The molecule has 2 aromatic carbocycles. The molecule has 1 fully saturated rings. The molecule has 1 aromatic heterocycles. The van der Waals surface area contributed by atoms with Crippen LogP contribution in [0, 0.1) is 11.7 Å². The molecule has 2 heterocycles. The summed E-state index contributed by atoms with van der Waals surface area (Å²) in [5, 5.41) is 7.02. The van der Waals surface area contributed by atoms with Gasteiger partial charge in [-0.05, 0) is 42.2 Å². The summed E-state index contributed by atoms with van der Waals surface area (Å²) in [6, 6.07) is 13.7. The molecule has 1 unspecified atom stereocenters. The van der Waals surface area contributed by atoms with Gasteiger partial charge in [0.2, 0.25) is 11.8 Å². The van der Waals surface area contributed by atoms with Crippen molar-refractivity contribution in [3.8, 4) is 0 Å². The number of aromatic nitrogens is 1. The first kappa shape index (κ1) is 24.0. The Morgan fingerprint density at radius 1 is 1.09 bits per heavy atom. The topological polar surface area (TPSA) is 83.2 Å². The molecule has 2 amide bonds. The number of rotatable bonds is 8. The molecular formula is C27H32FN3O3. The summed E-state index contributed by atoms with van der Waals surface area (Å²) in [6.45, 7) is 5.05. The standard InChI is InChI=1S/C27H32FN3O3/c1-18(2)25(32)31-24(14-19-16-29-23-9-4-3-8-22(19)23)26(33)30-17-27(10-12-34-13-11-27)20-6-5-7-21(28)15-20/h3-9,15-16,18,24,29H,10-14,17H2,1-2H3,(H,30,33)(H,31,32). The zero-order chi connectivity index (χ0) is 24.1. The number of hydrogen-bond donors (Lipinski definition) is 3. The minimum Gasteiger partial charge on any atom is -0.381 e. The highest BCUT2D eigenvalue weighted by atomic mass is 19.1. The zero-order valence-electron chi connectivity index (χ0n) is 19.7. The Morgan fingerprint density at radius 3 is 2.59 bits per heavy atom. The highest BCUT2D eigenvalue weighted by Crippen LogP contribution is 2.34. The van der Waals surface area contributed by atoms with E-state index in [1.54, 1.807) is 26.0 Å². The largest absolute Gasteiger partial charge is 0.381 e. The molecule has 1 saturated heterocycles. The number of para-hydroxylation sites is 1. The van der Waals surface area contributed by atoms with Gasteiger partial charge in [0, 0.05) is 54.6 Å². The average Bonchev–Trinajstić information content (AvgIpc) is 3.25. The van der Waals surface area contributed by atoms with E-state index in [-0.39, 0.29) is 23.5 Å². The van der Waals surface area contributed by atoms with Crippen molar-refractivity contribution < 1.29 is 18.7 Å². The van der Waals surface area contributed by atoms with Gasteiger partial charge in [-0.25, -0.2) is 4.39 Å². The maximum absolute atomic E-state index is 14.0. The molecule has 6 nitrogen and oxygen atoms in total. The van der Waals surface area contributed by atoms with Crippen molar-refractivity contribution in [2.75, 3.05) is 19.8 Å². The van der Waals surface area contributed by atoms with Crippen LogP contribution in [-0.4, -0.2) is 42.6 Å². The maximum Gasteiger partial charge on any atom is 0.242 e. The highest BCUT2D eigenvalue weighted by molar-refractivity contribution is 5.90. The second kappa shape index (κ2) is 10.4. The predicted octanol–water partition coefficient (Wildman–Crippen LogP) is 3.85. The van der Waals surface area contributed by atoms with Gasteiger partial charge in [-0.1, -0.05) is 44.2 Å². The number of carbonyl (C=O) groups is 2. The van der Waals surface area contributed by atoms with E-state index in [0.717, 1.165) is 22.0 Å². The van der Waals surface area contributed by atoms with Crippen molar-refractivity contribution in [1.82, 2.24) is 15.6 Å². The predicted molar refractivity (Wildman–Crippen MR) is 130 cm³/mol. The van der Waals surface area contributed by atoms with Gasteiger partial charge in [-0.15, -0.1) is 0 Å². The van der Waals surface area contributed by atoms with Crippen LogP contribution in [0.25, 0.3) is 10.9 Å². The third kappa shape index (κ3) is 5.30. The first-order valence-corrected chi connectivity index (χ1v) is 11.8. The number of amides is 2. The number of nitrogens with one attached hydrogen (secondary N) is 3. The fraction of sp³-hybridized carbons (Fsp3) is 0.407. The van der Waals surface area contributed by atoms with Crippen LogP contribution in [0.3, 0.4) is 0 Å². The van der Waals surface area contributed by atoms with E-state index in [1.165, 1.54) is 6.07 Å². The van der Waals surface area contributed by atoms with Gasteiger partial charge in [-0.3, -0.25) is 9.59 Å². The van der Waals surface area contributed by atoms with Crippen LogP contribution in [0.2, 0.25) is 0 Å². The van der Waals surface area contributed by atoms with Crippen molar-refractivity contribution in [3.63, 3.8) is 0 Å². The van der Waals surface area contributed by atoms with Crippen LogP contribution in [0.15, 0.2) is 54.7 Å². The summed E-state index contributed by atoms with van der Waals surface area (Å²) < 4.78 is 19.6. The fourth-order valence-corrected chi connectivity index (χ4v) is 4.60. The molecule has 1 atom stereocenters. The van der Waals surface area contributed by atoms with Gasteiger partial charge < -0.3 is 20.4 Å². The van der Waals surface area contributed by atoms with Crippen molar-refractivity contribution in [2.24, 2.45) is 5.92 Å². The van der Waals surface area contributed by atoms with Gasteiger partial charge in [0.15, 0.2) is 0 Å². The Balaban J connectivity index is 1.54. The first-order chi connectivity index (χ1) is 16.4. The Kier molecular flexibility index (Phi) is 7.32.